The van der Waals surface area contributed by atoms with Crippen molar-refractivity contribution in [3.05, 3.63) is 28.6 Å². The zero-order valence-corrected chi connectivity index (χ0v) is 17.8. The third kappa shape index (κ3) is 6.46. The Labute approximate surface area is 176 Å². The van der Waals surface area contributed by atoms with Crippen LogP contribution in [0.3, 0.4) is 0 Å². The lowest BCUT2D eigenvalue weighted by Gasteiger charge is -2.14. The summed E-state index contributed by atoms with van der Waals surface area (Å²) in [6.07, 6.45) is 3.67. The highest BCUT2D eigenvalue weighted by Crippen LogP contribution is 2.22. The van der Waals surface area contributed by atoms with Crippen LogP contribution in [0.25, 0.3) is 6.08 Å². The average molecular weight is 416 g/mol. The Morgan fingerprint density at radius 3 is 2.73 bits per heavy atom. The van der Waals surface area contributed by atoms with Crippen molar-refractivity contribution < 1.29 is 23.9 Å². The summed E-state index contributed by atoms with van der Waals surface area (Å²) >= 11 is 0. The molecule has 3 amide bonds. The van der Waals surface area contributed by atoms with Gasteiger partial charge in [0.1, 0.15) is 11.6 Å². The smallest absolute Gasteiger partial charge is 0.349 e. The van der Waals surface area contributed by atoms with E-state index < -0.39 is 24.5 Å². The molecule has 0 spiro atoms. The molecule has 1 atom stereocenters. The summed E-state index contributed by atoms with van der Waals surface area (Å²) in [6, 6.07) is 2.87. The molecule has 2 N–H and O–H groups in total. The van der Waals surface area contributed by atoms with Crippen LogP contribution >= 0.6 is 0 Å². The van der Waals surface area contributed by atoms with Crippen LogP contribution in [0, 0.1) is 25.2 Å². The van der Waals surface area contributed by atoms with Gasteiger partial charge in [0.2, 0.25) is 0 Å². The van der Waals surface area contributed by atoms with Crippen molar-refractivity contribution in [2.24, 2.45) is 0 Å². The maximum absolute atomic E-state index is 12.2. The van der Waals surface area contributed by atoms with Crippen molar-refractivity contribution in [2.75, 3.05) is 13.2 Å². The molecule has 0 aliphatic carbocycles. The first kappa shape index (κ1) is 23.2. The molecule has 0 saturated carbocycles. The summed E-state index contributed by atoms with van der Waals surface area (Å²) in [5.74, 6) is -1.71. The van der Waals surface area contributed by atoms with Gasteiger partial charge in [0.05, 0.1) is 6.10 Å². The monoisotopic (exact) mass is 416 g/mol. The van der Waals surface area contributed by atoms with E-state index in [0.29, 0.717) is 0 Å². The van der Waals surface area contributed by atoms with Crippen LogP contribution in [-0.2, 0) is 25.6 Å². The average Bonchev–Trinajstić information content (AvgIpc) is 3.27. The molecule has 162 valence electrons. The van der Waals surface area contributed by atoms with E-state index in [-0.39, 0.29) is 17.7 Å². The number of urea groups is 1. The molecular formula is C21H28N4O5. The summed E-state index contributed by atoms with van der Waals surface area (Å²) in [5.41, 5.74) is 2.40. The first-order valence-corrected chi connectivity index (χ1v) is 9.88. The van der Waals surface area contributed by atoms with Crippen LogP contribution in [0.5, 0.6) is 0 Å². The minimum Gasteiger partial charge on any atom is -0.451 e. The number of nitriles is 1. The highest BCUT2D eigenvalue weighted by atomic mass is 16.5. The van der Waals surface area contributed by atoms with E-state index in [9.17, 15) is 19.6 Å². The number of nitrogens with one attached hydrogen (secondary N) is 2. The standard InChI is InChI=1S/C21H28N4O5/c1-13(2)23-21(28)24-19(26)12-30-20(27)17(10-22)9-16-8-14(3)25(15(16)4)11-18-6-5-7-29-18/h8-9,13,18H,5-7,11-12H2,1-4H3,(H2,23,24,26,28)/b17-9+/t18-/m0/s1. The van der Waals surface area contributed by atoms with Crippen LogP contribution in [0.15, 0.2) is 11.6 Å². The summed E-state index contributed by atoms with van der Waals surface area (Å²) in [5, 5.41) is 13.9. The summed E-state index contributed by atoms with van der Waals surface area (Å²) in [7, 11) is 0. The van der Waals surface area contributed by atoms with Gasteiger partial charge >= 0.3 is 12.0 Å². The van der Waals surface area contributed by atoms with E-state index in [0.717, 1.165) is 42.9 Å². The molecule has 1 aromatic heterocycles. The number of hydrogen-bond acceptors (Lipinski definition) is 6. The van der Waals surface area contributed by atoms with Crippen LogP contribution in [-0.4, -0.2) is 47.8 Å². The minimum atomic E-state index is -0.930. The Balaban J connectivity index is 2.01. The number of aromatic nitrogens is 1. The topological polar surface area (TPSA) is 122 Å². The predicted molar refractivity (Wildman–Crippen MR) is 109 cm³/mol. The Morgan fingerprint density at radius 1 is 1.40 bits per heavy atom. The number of aryl methyl sites for hydroxylation is 1. The van der Waals surface area contributed by atoms with E-state index in [2.05, 4.69) is 9.88 Å². The quantitative estimate of drug-likeness (QED) is 0.398. The number of carbonyl (C=O) groups is 3. The van der Waals surface area contributed by atoms with Crippen LogP contribution in [0.4, 0.5) is 4.79 Å². The van der Waals surface area contributed by atoms with Gasteiger partial charge in [-0.3, -0.25) is 10.1 Å². The van der Waals surface area contributed by atoms with Gasteiger partial charge in [0, 0.05) is 30.6 Å². The molecule has 0 unspecified atom stereocenters. The molecule has 0 radical (unpaired) electrons. The third-order valence-electron chi connectivity index (χ3n) is 4.67. The number of hydrogen-bond donors (Lipinski definition) is 2. The molecular weight excluding hydrogens is 388 g/mol. The maximum Gasteiger partial charge on any atom is 0.349 e. The van der Waals surface area contributed by atoms with Crippen LogP contribution in [0.1, 0.15) is 43.6 Å². The Morgan fingerprint density at radius 2 is 2.13 bits per heavy atom. The van der Waals surface area contributed by atoms with Crippen molar-refractivity contribution in [2.45, 2.75) is 59.2 Å². The Kier molecular flexibility index (Phi) is 8.18. The number of esters is 1. The van der Waals surface area contributed by atoms with E-state index in [1.807, 2.05) is 31.3 Å². The third-order valence-corrected chi connectivity index (χ3v) is 4.67. The molecule has 2 rings (SSSR count). The van der Waals surface area contributed by atoms with Crippen molar-refractivity contribution in [1.82, 2.24) is 15.2 Å². The second-order valence-electron chi connectivity index (χ2n) is 7.49. The molecule has 1 saturated heterocycles. The second-order valence-corrected chi connectivity index (χ2v) is 7.49. The molecule has 1 fully saturated rings. The van der Waals surface area contributed by atoms with E-state index in [1.165, 1.54) is 6.08 Å². The molecule has 1 aliphatic heterocycles. The van der Waals surface area contributed by atoms with Gasteiger partial charge in [0.15, 0.2) is 6.61 Å². The van der Waals surface area contributed by atoms with Gasteiger partial charge in [-0.2, -0.15) is 5.26 Å². The van der Waals surface area contributed by atoms with Crippen molar-refractivity contribution in [3.63, 3.8) is 0 Å². The molecule has 0 bridgehead atoms. The molecule has 30 heavy (non-hydrogen) atoms. The minimum absolute atomic E-state index is 0.146. The first-order valence-electron chi connectivity index (χ1n) is 9.88. The Hall–Kier alpha value is -3.12. The van der Waals surface area contributed by atoms with Crippen LogP contribution in [0.2, 0.25) is 0 Å². The number of nitrogens with zero attached hydrogens (tertiary/aromatic N) is 2. The fraction of sp³-hybridized carbons (Fsp3) is 0.524. The lowest BCUT2D eigenvalue weighted by Crippen LogP contribution is -2.44. The summed E-state index contributed by atoms with van der Waals surface area (Å²) < 4.78 is 12.7. The highest BCUT2D eigenvalue weighted by Gasteiger charge is 2.20. The van der Waals surface area contributed by atoms with E-state index in [1.54, 1.807) is 13.8 Å². The van der Waals surface area contributed by atoms with E-state index in [4.69, 9.17) is 9.47 Å². The van der Waals surface area contributed by atoms with Gasteiger partial charge < -0.3 is 19.4 Å². The molecule has 2 heterocycles. The lowest BCUT2D eigenvalue weighted by molar-refractivity contribution is -0.144. The second kappa shape index (κ2) is 10.6. The molecule has 0 aromatic carbocycles. The van der Waals surface area contributed by atoms with Crippen molar-refractivity contribution in [3.8, 4) is 6.07 Å². The summed E-state index contributed by atoms with van der Waals surface area (Å²) in [4.78, 5) is 35.4. The maximum atomic E-state index is 12.2. The SMILES string of the molecule is Cc1cc(/C=C(\C#N)C(=O)OCC(=O)NC(=O)NC(C)C)c(C)n1C[C@@H]1CCCO1. The zero-order chi connectivity index (χ0) is 22.3. The fourth-order valence-electron chi connectivity index (χ4n) is 3.21. The number of amides is 3. The normalized spacial score (nSPS) is 16.3. The number of imide groups is 1. The van der Waals surface area contributed by atoms with Gasteiger partial charge in [-0.15, -0.1) is 0 Å². The predicted octanol–water partition coefficient (Wildman–Crippen LogP) is 1.97. The summed E-state index contributed by atoms with van der Waals surface area (Å²) in [6.45, 7) is 8.18. The van der Waals surface area contributed by atoms with Gasteiger partial charge in [-0.05, 0) is 58.2 Å². The largest absolute Gasteiger partial charge is 0.451 e. The number of ether oxygens (including phenoxy) is 2. The Bertz CT molecular complexity index is 873. The number of rotatable bonds is 7. The van der Waals surface area contributed by atoms with Crippen molar-refractivity contribution >= 4 is 24.0 Å². The molecule has 1 aromatic rings. The van der Waals surface area contributed by atoms with Gasteiger partial charge in [-0.1, -0.05) is 0 Å². The molecule has 9 heteroatoms. The lowest BCUT2D eigenvalue weighted by atomic mass is 10.1. The van der Waals surface area contributed by atoms with Gasteiger partial charge in [-0.25, -0.2) is 9.59 Å². The zero-order valence-electron chi connectivity index (χ0n) is 17.8. The van der Waals surface area contributed by atoms with E-state index >= 15 is 0 Å². The van der Waals surface area contributed by atoms with Crippen molar-refractivity contribution in [1.29, 1.82) is 5.26 Å². The van der Waals surface area contributed by atoms with Gasteiger partial charge in [0.25, 0.3) is 5.91 Å². The van der Waals surface area contributed by atoms with Crippen LogP contribution < -0.4 is 10.6 Å². The fourth-order valence-corrected chi connectivity index (χ4v) is 3.21. The molecule has 9 nitrogen and oxygen atoms in total. The molecule has 1 aliphatic rings. The number of carbonyl (C=O) groups excluding carboxylic acids is 3. The first-order chi connectivity index (χ1) is 14.2. The highest BCUT2D eigenvalue weighted by molar-refractivity contribution is 6.00.